The molecule has 0 aliphatic heterocycles. The van der Waals surface area contributed by atoms with Gasteiger partial charge in [-0.3, -0.25) is 0 Å². The van der Waals surface area contributed by atoms with E-state index >= 15 is 0 Å². The molecule has 1 saturated carbocycles. The molecule has 0 aromatic carbocycles. The Labute approximate surface area is 142 Å². The van der Waals surface area contributed by atoms with Gasteiger partial charge < -0.3 is 19.7 Å². The SMILES string of the molecule is CCCN(CCNC1CC(OCC)C1(C)C)C(=O)OC(C)(C)C. The van der Waals surface area contributed by atoms with Gasteiger partial charge in [0.05, 0.1) is 6.10 Å². The quantitative estimate of drug-likeness (QED) is 0.742. The normalized spacial score (nSPS) is 23.3. The molecule has 0 saturated heterocycles. The van der Waals surface area contributed by atoms with Crippen molar-refractivity contribution in [3.05, 3.63) is 0 Å². The molecule has 5 heteroatoms. The van der Waals surface area contributed by atoms with E-state index in [4.69, 9.17) is 9.47 Å². The van der Waals surface area contributed by atoms with Crippen molar-refractivity contribution in [1.29, 1.82) is 0 Å². The van der Waals surface area contributed by atoms with E-state index in [9.17, 15) is 4.79 Å². The molecule has 1 amide bonds. The molecular formula is C18H36N2O3. The second-order valence-electron chi connectivity index (χ2n) is 7.98. The summed E-state index contributed by atoms with van der Waals surface area (Å²) in [6.07, 6.45) is 2.09. The number of rotatable bonds is 8. The van der Waals surface area contributed by atoms with E-state index < -0.39 is 5.60 Å². The largest absolute Gasteiger partial charge is 0.444 e. The third-order valence-corrected chi connectivity index (χ3v) is 4.46. The summed E-state index contributed by atoms with van der Waals surface area (Å²) in [5.74, 6) is 0. The summed E-state index contributed by atoms with van der Waals surface area (Å²) >= 11 is 0. The third kappa shape index (κ3) is 5.96. The zero-order chi connectivity index (χ0) is 17.7. The predicted molar refractivity (Wildman–Crippen MR) is 93.7 cm³/mol. The van der Waals surface area contributed by atoms with Gasteiger partial charge in [-0.15, -0.1) is 0 Å². The van der Waals surface area contributed by atoms with Crippen molar-refractivity contribution in [2.75, 3.05) is 26.2 Å². The monoisotopic (exact) mass is 328 g/mol. The van der Waals surface area contributed by atoms with E-state index in [2.05, 4.69) is 26.1 Å². The van der Waals surface area contributed by atoms with Gasteiger partial charge in [-0.05, 0) is 40.5 Å². The molecule has 0 aromatic rings. The Bertz CT molecular complexity index is 377. The van der Waals surface area contributed by atoms with E-state index in [1.165, 1.54) is 0 Å². The van der Waals surface area contributed by atoms with Crippen LogP contribution in [-0.2, 0) is 9.47 Å². The maximum atomic E-state index is 12.2. The van der Waals surface area contributed by atoms with Crippen molar-refractivity contribution in [1.82, 2.24) is 10.2 Å². The third-order valence-electron chi connectivity index (χ3n) is 4.46. The molecule has 0 bridgehead atoms. The van der Waals surface area contributed by atoms with E-state index in [1.54, 1.807) is 4.90 Å². The van der Waals surface area contributed by atoms with Crippen molar-refractivity contribution in [3.8, 4) is 0 Å². The Hall–Kier alpha value is -0.810. The first-order chi connectivity index (χ1) is 10.6. The minimum Gasteiger partial charge on any atom is -0.444 e. The Kier molecular flexibility index (Phi) is 7.33. The molecule has 1 rings (SSSR count). The number of amides is 1. The molecule has 0 aromatic heterocycles. The van der Waals surface area contributed by atoms with Crippen molar-refractivity contribution in [2.45, 2.75) is 79.1 Å². The fourth-order valence-corrected chi connectivity index (χ4v) is 2.98. The fourth-order valence-electron chi connectivity index (χ4n) is 2.98. The van der Waals surface area contributed by atoms with E-state index in [1.807, 2.05) is 27.7 Å². The first-order valence-corrected chi connectivity index (χ1v) is 8.94. The lowest BCUT2D eigenvalue weighted by molar-refractivity contribution is -0.114. The van der Waals surface area contributed by atoms with Gasteiger partial charge >= 0.3 is 6.09 Å². The number of ether oxygens (including phenoxy) is 2. The molecule has 136 valence electrons. The van der Waals surface area contributed by atoms with Crippen LogP contribution in [0, 0.1) is 5.41 Å². The first kappa shape index (κ1) is 20.2. The summed E-state index contributed by atoms with van der Waals surface area (Å²) in [5.41, 5.74) is -0.297. The zero-order valence-electron chi connectivity index (χ0n) is 16.1. The molecule has 0 spiro atoms. The maximum absolute atomic E-state index is 12.2. The lowest BCUT2D eigenvalue weighted by atomic mass is 9.64. The average molecular weight is 328 g/mol. The number of carbonyl (C=O) groups is 1. The lowest BCUT2D eigenvalue weighted by Crippen LogP contribution is -2.61. The van der Waals surface area contributed by atoms with Crippen LogP contribution >= 0.6 is 0 Å². The number of nitrogens with one attached hydrogen (secondary N) is 1. The highest BCUT2D eigenvalue weighted by molar-refractivity contribution is 5.68. The van der Waals surface area contributed by atoms with Gasteiger partial charge in [-0.25, -0.2) is 4.79 Å². The van der Waals surface area contributed by atoms with Gasteiger partial charge in [0.25, 0.3) is 0 Å². The average Bonchev–Trinajstić information content (AvgIpc) is 2.42. The number of hydrogen-bond donors (Lipinski definition) is 1. The number of hydrogen-bond acceptors (Lipinski definition) is 4. The highest BCUT2D eigenvalue weighted by Gasteiger charge is 2.48. The summed E-state index contributed by atoms with van der Waals surface area (Å²) in [6, 6.07) is 0.446. The molecule has 5 nitrogen and oxygen atoms in total. The summed E-state index contributed by atoms with van der Waals surface area (Å²) in [7, 11) is 0. The van der Waals surface area contributed by atoms with Gasteiger partial charge in [0, 0.05) is 37.7 Å². The van der Waals surface area contributed by atoms with Crippen molar-refractivity contribution >= 4 is 6.09 Å². The molecule has 0 radical (unpaired) electrons. The number of nitrogens with zero attached hydrogens (tertiary/aromatic N) is 1. The minimum absolute atomic E-state index is 0.150. The fraction of sp³-hybridized carbons (Fsp3) is 0.944. The van der Waals surface area contributed by atoms with Gasteiger partial charge in [0.2, 0.25) is 0 Å². The Morgan fingerprint density at radius 2 is 1.91 bits per heavy atom. The van der Waals surface area contributed by atoms with Crippen LogP contribution in [0.3, 0.4) is 0 Å². The minimum atomic E-state index is -0.447. The number of carbonyl (C=O) groups excluding carboxylic acids is 1. The predicted octanol–water partition coefficient (Wildman–Crippen LogP) is 3.43. The molecule has 2 atom stereocenters. The second-order valence-corrected chi connectivity index (χ2v) is 7.98. The van der Waals surface area contributed by atoms with Crippen LogP contribution in [0.25, 0.3) is 0 Å². The Morgan fingerprint density at radius 1 is 1.26 bits per heavy atom. The van der Waals surface area contributed by atoms with Crippen LogP contribution in [-0.4, -0.2) is 55.0 Å². The zero-order valence-corrected chi connectivity index (χ0v) is 16.1. The lowest BCUT2D eigenvalue weighted by Gasteiger charge is -2.52. The summed E-state index contributed by atoms with van der Waals surface area (Å²) in [4.78, 5) is 14.0. The first-order valence-electron chi connectivity index (χ1n) is 8.94. The van der Waals surface area contributed by atoms with Gasteiger partial charge in [-0.2, -0.15) is 0 Å². The Morgan fingerprint density at radius 3 is 2.39 bits per heavy atom. The van der Waals surface area contributed by atoms with E-state index in [-0.39, 0.29) is 11.5 Å². The summed E-state index contributed by atoms with van der Waals surface area (Å²) in [5, 5.41) is 3.57. The Balaban J connectivity index is 2.41. The van der Waals surface area contributed by atoms with E-state index in [0.717, 1.165) is 32.5 Å². The summed E-state index contributed by atoms with van der Waals surface area (Å²) in [6.45, 7) is 17.3. The smallest absolute Gasteiger partial charge is 0.410 e. The van der Waals surface area contributed by atoms with Crippen LogP contribution in [0.15, 0.2) is 0 Å². The maximum Gasteiger partial charge on any atom is 0.410 e. The highest BCUT2D eigenvalue weighted by Crippen LogP contribution is 2.42. The molecule has 1 aliphatic carbocycles. The molecule has 0 heterocycles. The van der Waals surface area contributed by atoms with Crippen LogP contribution in [0.2, 0.25) is 0 Å². The van der Waals surface area contributed by atoms with E-state index in [0.29, 0.717) is 18.7 Å². The molecule has 1 aliphatic rings. The van der Waals surface area contributed by atoms with Crippen LogP contribution < -0.4 is 5.32 Å². The van der Waals surface area contributed by atoms with Gasteiger partial charge in [0.1, 0.15) is 5.60 Å². The van der Waals surface area contributed by atoms with Crippen LogP contribution in [0.5, 0.6) is 0 Å². The molecule has 1 fully saturated rings. The van der Waals surface area contributed by atoms with Gasteiger partial charge in [0.15, 0.2) is 0 Å². The second kappa shape index (κ2) is 8.34. The standard InChI is InChI=1S/C18H36N2O3/c1-8-11-20(16(21)23-17(3,4)5)12-10-19-14-13-15(22-9-2)18(14,6)7/h14-15,19H,8-13H2,1-7H3. The van der Waals surface area contributed by atoms with Crippen molar-refractivity contribution in [3.63, 3.8) is 0 Å². The molecule has 2 unspecified atom stereocenters. The topological polar surface area (TPSA) is 50.8 Å². The summed E-state index contributed by atoms with van der Waals surface area (Å²) < 4.78 is 11.2. The van der Waals surface area contributed by atoms with Crippen LogP contribution in [0.1, 0.15) is 61.3 Å². The van der Waals surface area contributed by atoms with Crippen molar-refractivity contribution in [2.24, 2.45) is 5.41 Å². The molecule has 1 N–H and O–H groups in total. The highest BCUT2D eigenvalue weighted by atomic mass is 16.6. The van der Waals surface area contributed by atoms with Crippen molar-refractivity contribution < 1.29 is 14.3 Å². The molecular weight excluding hydrogens is 292 g/mol. The van der Waals surface area contributed by atoms with Crippen LogP contribution in [0.4, 0.5) is 4.79 Å². The van der Waals surface area contributed by atoms with Gasteiger partial charge in [-0.1, -0.05) is 20.8 Å². The molecule has 23 heavy (non-hydrogen) atoms.